The molecule has 6 nitrogen and oxygen atoms in total. The van der Waals surface area contributed by atoms with Gasteiger partial charge in [-0.25, -0.2) is 4.39 Å². The number of benzene rings is 3. The lowest BCUT2D eigenvalue weighted by Gasteiger charge is -2.12. The first-order chi connectivity index (χ1) is 14.9. The van der Waals surface area contributed by atoms with Crippen LogP contribution in [0.1, 0.15) is 21.5 Å². The first-order valence-electron chi connectivity index (χ1n) is 9.62. The van der Waals surface area contributed by atoms with E-state index < -0.39 is 17.7 Å². The van der Waals surface area contributed by atoms with Gasteiger partial charge in [-0.1, -0.05) is 24.3 Å². The molecule has 0 aliphatic rings. The lowest BCUT2D eigenvalue weighted by molar-refractivity contribution is -0.136. The van der Waals surface area contributed by atoms with Crippen molar-refractivity contribution in [1.29, 1.82) is 0 Å². The number of aromatic nitrogens is 1. The van der Waals surface area contributed by atoms with Gasteiger partial charge in [0.25, 0.3) is 0 Å². The van der Waals surface area contributed by atoms with E-state index >= 15 is 0 Å². The third-order valence-electron chi connectivity index (χ3n) is 5.22. The van der Waals surface area contributed by atoms with Gasteiger partial charge in [0.2, 0.25) is 5.91 Å². The van der Waals surface area contributed by atoms with Crippen molar-refractivity contribution in [3.63, 3.8) is 0 Å². The van der Waals surface area contributed by atoms with Crippen LogP contribution in [0.25, 0.3) is 33.2 Å². The molecule has 0 bridgehead atoms. The van der Waals surface area contributed by atoms with Crippen molar-refractivity contribution in [2.24, 2.45) is 11.5 Å². The number of carboxylic acids is 1. The largest absolute Gasteiger partial charge is 0.481 e. The summed E-state index contributed by atoms with van der Waals surface area (Å²) in [6, 6.07) is 15.0. The smallest absolute Gasteiger partial charge is 0.307 e. The number of aliphatic carboxylic acids is 1. The Bertz CT molecular complexity index is 1330. The normalized spacial score (nSPS) is 11.0. The fraction of sp³-hybridized carbons (Fsp3) is 0.0833. The van der Waals surface area contributed by atoms with Gasteiger partial charge in [0.05, 0.1) is 6.42 Å². The summed E-state index contributed by atoms with van der Waals surface area (Å²) in [7, 11) is 0. The van der Waals surface area contributed by atoms with Crippen LogP contribution in [0.4, 0.5) is 4.39 Å². The highest BCUT2D eigenvalue weighted by atomic mass is 19.1. The molecule has 0 atom stereocenters. The molecule has 156 valence electrons. The molecule has 0 fully saturated rings. The summed E-state index contributed by atoms with van der Waals surface area (Å²) in [5.41, 5.74) is 16.0. The molecule has 6 N–H and O–H groups in total. The lowest BCUT2D eigenvalue weighted by Crippen LogP contribution is -2.11. The van der Waals surface area contributed by atoms with E-state index in [1.165, 1.54) is 12.1 Å². The predicted molar refractivity (Wildman–Crippen MR) is 117 cm³/mol. The number of hydrogen-bond acceptors (Lipinski definition) is 3. The van der Waals surface area contributed by atoms with Crippen LogP contribution in [0.5, 0.6) is 0 Å². The van der Waals surface area contributed by atoms with Crippen LogP contribution in [0.2, 0.25) is 0 Å². The Labute approximate surface area is 177 Å². The molecular formula is C24H20FN3O3. The highest BCUT2D eigenvalue weighted by molar-refractivity contribution is 6.10. The van der Waals surface area contributed by atoms with Crippen molar-refractivity contribution in [2.75, 3.05) is 0 Å². The number of H-pyrrole nitrogens is 1. The van der Waals surface area contributed by atoms with E-state index in [0.717, 1.165) is 16.5 Å². The van der Waals surface area contributed by atoms with Gasteiger partial charge in [0.1, 0.15) is 5.82 Å². The van der Waals surface area contributed by atoms with Crippen molar-refractivity contribution < 1.29 is 19.1 Å². The number of amides is 1. The Morgan fingerprint density at radius 2 is 1.77 bits per heavy atom. The van der Waals surface area contributed by atoms with Gasteiger partial charge in [-0.2, -0.15) is 0 Å². The second kappa shape index (κ2) is 8.04. The van der Waals surface area contributed by atoms with E-state index in [2.05, 4.69) is 4.98 Å². The number of rotatable bonds is 6. The second-order valence-corrected chi connectivity index (χ2v) is 7.29. The molecule has 3 aromatic carbocycles. The van der Waals surface area contributed by atoms with Crippen molar-refractivity contribution in [3.05, 3.63) is 83.3 Å². The van der Waals surface area contributed by atoms with Crippen LogP contribution in [-0.2, 0) is 17.8 Å². The first-order valence-corrected chi connectivity index (χ1v) is 9.62. The van der Waals surface area contributed by atoms with Gasteiger partial charge in [-0.05, 0) is 58.1 Å². The number of nitrogens with two attached hydrogens (primary N) is 2. The molecule has 4 aromatic rings. The average Bonchev–Trinajstić information content (AvgIpc) is 3.16. The first kappa shape index (κ1) is 20.3. The number of carbonyl (C=O) groups is 2. The molecule has 0 aliphatic heterocycles. The fourth-order valence-corrected chi connectivity index (χ4v) is 3.87. The maximum Gasteiger partial charge on any atom is 0.307 e. The van der Waals surface area contributed by atoms with Crippen LogP contribution in [0.15, 0.2) is 60.8 Å². The monoisotopic (exact) mass is 417 g/mol. The van der Waals surface area contributed by atoms with Crippen LogP contribution in [0, 0.1) is 5.82 Å². The maximum absolute atomic E-state index is 14.3. The zero-order valence-electron chi connectivity index (χ0n) is 16.5. The van der Waals surface area contributed by atoms with Crippen LogP contribution in [-0.4, -0.2) is 22.0 Å². The number of halogens is 1. The van der Waals surface area contributed by atoms with Gasteiger partial charge >= 0.3 is 5.97 Å². The molecule has 4 rings (SSSR count). The lowest BCUT2D eigenvalue weighted by atomic mass is 9.91. The third kappa shape index (κ3) is 3.91. The Kier molecular flexibility index (Phi) is 5.27. The molecule has 1 heterocycles. The maximum atomic E-state index is 14.3. The van der Waals surface area contributed by atoms with Gasteiger partial charge < -0.3 is 21.6 Å². The van der Waals surface area contributed by atoms with E-state index in [-0.39, 0.29) is 18.5 Å². The fourth-order valence-electron chi connectivity index (χ4n) is 3.87. The van der Waals surface area contributed by atoms with Crippen LogP contribution >= 0.6 is 0 Å². The van der Waals surface area contributed by atoms with Crippen molar-refractivity contribution in [1.82, 2.24) is 4.98 Å². The zero-order chi connectivity index (χ0) is 22.1. The Morgan fingerprint density at radius 3 is 2.48 bits per heavy atom. The quantitative estimate of drug-likeness (QED) is 0.381. The summed E-state index contributed by atoms with van der Waals surface area (Å²) in [5.74, 6) is -2.00. The van der Waals surface area contributed by atoms with E-state index in [1.807, 2.05) is 12.1 Å². The molecule has 0 unspecified atom stereocenters. The van der Waals surface area contributed by atoms with Crippen molar-refractivity contribution in [3.8, 4) is 22.3 Å². The number of hydrogen-bond donors (Lipinski definition) is 4. The van der Waals surface area contributed by atoms with E-state index in [0.29, 0.717) is 27.8 Å². The number of carbonyl (C=O) groups excluding carboxylic acids is 1. The predicted octanol–water partition coefficient (Wildman–Crippen LogP) is 3.83. The highest BCUT2D eigenvalue weighted by Crippen LogP contribution is 2.39. The molecule has 0 saturated carbocycles. The van der Waals surface area contributed by atoms with Crippen molar-refractivity contribution in [2.45, 2.75) is 13.0 Å². The zero-order valence-corrected chi connectivity index (χ0v) is 16.5. The number of aromatic amines is 1. The van der Waals surface area contributed by atoms with Gasteiger partial charge in [-0.15, -0.1) is 0 Å². The van der Waals surface area contributed by atoms with Gasteiger partial charge in [0, 0.05) is 34.8 Å². The standard InChI is InChI=1S/C24H20FN3O3/c25-17-6-13(11-26)5-15(7-17)19-8-16(24(27)31)9-21-23(19)20(12-28-21)18-4-2-1-3-14(18)10-22(29)30/h1-9,12,28H,10-11,26H2,(H2,27,31)(H,29,30). The summed E-state index contributed by atoms with van der Waals surface area (Å²) >= 11 is 0. The van der Waals surface area contributed by atoms with Crippen molar-refractivity contribution >= 4 is 22.8 Å². The summed E-state index contributed by atoms with van der Waals surface area (Å²) < 4.78 is 14.3. The molecular weight excluding hydrogens is 397 g/mol. The topological polar surface area (TPSA) is 122 Å². The summed E-state index contributed by atoms with van der Waals surface area (Å²) in [4.78, 5) is 26.4. The number of fused-ring (bicyclic) bond motifs is 1. The SMILES string of the molecule is NCc1cc(F)cc(-c2cc(C(N)=O)cc3[nH]cc(-c4ccccc4CC(=O)O)c23)c1. The summed E-state index contributed by atoms with van der Waals surface area (Å²) in [5, 5.41) is 10.0. The van der Waals surface area contributed by atoms with Crippen LogP contribution in [0.3, 0.4) is 0 Å². The average molecular weight is 417 g/mol. The van der Waals surface area contributed by atoms with E-state index in [4.69, 9.17) is 11.5 Å². The molecule has 1 amide bonds. The van der Waals surface area contributed by atoms with Gasteiger partial charge in [0.15, 0.2) is 0 Å². The molecule has 0 spiro atoms. The molecule has 1 aromatic heterocycles. The Morgan fingerprint density at radius 1 is 1.00 bits per heavy atom. The number of carboxylic acid groups (broad SMARTS) is 1. The number of nitrogens with one attached hydrogen (secondary N) is 1. The minimum absolute atomic E-state index is 0.144. The van der Waals surface area contributed by atoms with E-state index in [9.17, 15) is 19.1 Å². The molecule has 0 radical (unpaired) electrons. The van der Waals surface area contributed by atoms with E-state index in [1.54, 1.807) is 36.5 Å². The molecule has 7 heteroatoms. The summed E-state index contributed by atoms with van der Waals surface area (Å²) in [6.07, 6.45) is 1.61. The molecule has 0 aliphatic carbocycles. The number of primary amides is 1. The minimum atomic E-state index is -0.943. The highest BCUT2D eigenvalue weighted by Gasteiger charge is 2.18. The minimum Gasteiger partial charge on any atom is -0.481 e. The Balaban J connectivity index is 2.05. The summed E-state index contributed by atoms with van der Waals surface area (Å²) in [6.45, 7) is 0.158. The molecule has 0 saturated heterocycles. The second-order valence-electron chi connectivity index (χ2n) is 7.29. The Hall–Kier alpha value is -3.97. The van der Waals surface area contributed by atoms with Crippen LogP contribution < -0.4 is 11.5 Å². The molecule has 31 heavy (non-hydrogen) atoms. The van der Waals surface area contributed by atoms with Gasteiger partial charge in [-0.3, -0.25) is 9.59 Å². The third-order valence-corrected chi connectivity index (χ3v) is 5.22.